The van der Waals surface area contributed by atoms with Crippen molar-refractivity contribution < 1.29 is 14.6 Å². The summed E-state index contributed by atoms with van der Waals surface area (Å²) in [6.07, 6.45) is 1.55. The minimum atomic E-state index is -0.360. The summed E-state index contributed by atoms with van der Waals surface area (Å²) in [5.74, 6) is -0.0652. The topological polar surface area (TPSA) is 84.6 Å². The number of carbonyl (C=O) groups is 1. The second-order valence-corrected chi connectivity index (χ2v) is 5.99. The van der Waals surface area contributed by atoms with Crippen LogP contribution in [0.1, 0.15) is 40.0 Å². The third-order valence-electron chi connectivity index (χ3n) is 3.25. The Kier molecular flexibility index (Phi) is 7.89. The van der Waals surface area contributed by atoms with Crippen LogP contribution in [-0.2, 0) is 9.53 Å². The maximum atomic E-state index is 11.9. The molecular weight excluding hydrogens is 268 g/mol. The van der Waals surface area contributed by atoms with E-state index in [9.17, 15) is 9.90 Å². The molecule has 4 N–H and O–H groups in total. The van der Waals surface area contributed by atoms with Crippen LogP contribution in [0.2, 0.25) is 0 Å². The van der Waals surface area contributed by atoms with Crippen LogP contribution in [-0.4, -0.2) is 42.4 Å². The van der Waals surface area contributed by atoms with Gasteiger partial charge in [-0.3, -0.25) is 4.79 Å². The number of amides is 1. The minimum Gasteiger partial charge on any atom is -0.393 e. The van der Waals surface area contributed by atoms with E-state index in [-0.39, 0.29) is 42.0 Å². The van der Waals surface area contributed by atoms with Crippen LogP contribution in [0.5, 0.6) is 0 Å². The Labute approximate surface area is 121 Å². The zero-order valence-corrected chi connectivity index (χ0v) is 12.8. The molecule has 0 aliphatic carbocycles. The molecule has 0 radical (unpaired) electrons. The molecule has 5 nitrogen and oxygen atoms in total. The second-order valence-electron chi connectivity index (χ2n) is 5.99. The van der Waals surface area contributed by atoms with E-state index in [2.05, 4.69) is 5.32 Å². The van der Waals surface area contributed by atoms with E-state index in [0.717, 1.165) is 12.8 Å². The van der Waals surface area contributed by atoms with Gasteiger partial charge in [0.1, 0.15) is 6.10 Å². The molecular formula is C13H27ClN2O3. The number of hydrogen-bond acceptors (Lipinski definition) is 4. The summed E-state index contributed by atoms with van der Waals surface area (Å²) >= 11 is 0. The SMILES string of the molecule is CC(O)CC(C)(C)CNC(=O)[C@@H]1CC[C@H](CN)O1.Cl. The number of halogens is 1. The van der Waals surface area contributed by atoms with Gasteiger partial charge >= 0.3 is 0 Å². The molecule has 19 heavy (non-hydrogen) atoms. The van der Waals surface area contributed by atoms with E-state index in [4.69, 9.17) is 10.5 Å². The van der Waals surface area contributed by atoms with Crippen molar-refractivity contribution in [3.63, 3.8) is 0 Å². The van der Waals surface area contributed by atoms with Gasteiger partial charge in [-0.25, -0.2) is 0 Å². The second kappa shape index (κ2) is 8.04. The van der Waals surface area contributed by atoms with Gasteiger partial charge in [-0.1, -0.05) is 13.8 Å². The number of ether oxygens (including phenoxy) is 1. The number of carbonyl (C=O) groups excluding carboxylic acids is 1. The Balaban J connectivity index is 0.00000324. The van der Waals surface area contributed by atoms with Gasteiger partial charge in [0.2, 0.25) is 5.91 Å². The van der Waals surface area contributed by atoms with E-state index < -0.39 is 0 Å². The number of aliphatic hydroxyl groups excluding tert-OH is 1. The molecule has 1 heterocycles. The molecule has 1 saturated heterocycles. The quantitative estimate of drug-likeness (QED) is 0.677. The molecule has 6 heteroatoms. The van der Waals surface area contributed by atoms with Gasteiger partial charge in [-0.15, -0.1) is 12.4 Å². The summed E-state index contributed by atoms with van der Waals surface area (Å²) < 4.78 is 5.53. The van der Waals surface area contributed by atoms with E-state index in [1.54, 1.807) is 6.92 Å². The molecule has 3 atom stereocenters. The lowest BCUT2D eigenvalue weighted by Gasteiger charge is -2.27. The molecule has 0 spiro atoms. The number of nitrogens with one attached hydrogen (secondary N) is 1. The maximum absolute atomic E-state index is 11.9. The highest BCUT2D eigenvalue weighted by Gasteiger charge is 2.30. The lowest BCUT2D eigenvalue weighted by Crippen LogP contribution is -2.41. The van der Waals surface area contributed by atoms with Crippen LogP contribution in [0.3, 0.4) is 0 Å². The van der Waals surface area contributed by atoms with Gasteiger partial charge in [0, 0.05) is 13.1 Å². The van der Waals surface area contributed by atoms with Crippen molar-refractivity contribution in [3.8, 4) is 0 Å². The lowest BCUT2D eigenvalue weighted by atomic mass is 9.87. The number of rotatable bonds is 6. The van der Waals surface area contributed by atoms with E-state index in [1.807, 2.05) is 13.8 Å². The third kappa shape index (κ3) is 6.56. The summed E-state index contributed by atoms with van der Waals surface area (Å²) in [5, 5.41) is 12.3. The maximum Gasteiger partial charge on any atom is 0.249 e. The highest BCUT2D eigenvalue weighted by molar-refractivity contribution is 5.85. The molecule has 1 amide bonds. The molecule has 0 aromatic rings. The summed E-state index contributed by atoms with van der Waals surface area (Å²) in [5.41, 5.74) is 5.39. The van der Waals surface area contributed by atoms with Gasteiger partial charge in [-0.2, -0.15) is 0 Å². The van der Waals surface area contributed by atoms with Crippen LogP contribution in [0.25, 0.3) is 0 Å². The molecule has 0 saturated carbocycles. The average molecular weight is 295 g/mol. The Morgan fingerprint density at radius 1 is 1.53 bits per heavy atom. The Morgan fingerprint density at radius 2 is 2.16 bits per heavy atom. The molecule has 1 aliphatic heterocycles. The summed E-state index contributed by atoms with van der Waals surface area (Å²) in [7, 11) is 0. The molecule has 1 fully saturated rings. The monoisotopic (exact) mass is 294 g/mol. The summed E-state index contributed by atoms with van der Waals surface area (Å²) in [4.78, 5) is 11.9. The number of hydrogen-bond donors (Lipinski definition) is 3. The largest absolute Gasteiger partial charge is 0.393 e. The zero-order valence-electron chi connectivity index (χ0n) is 12.0. The Bertz CT molecular complexity index is 285. The molecule has 0 aromatic heterocycles. The predicted molar refractivity (Wildman–Crippen MR) is 77.3 cm³/mol. The van der Waals surface area contributed by atoms with Gasteiger partial charge in [0.25, 0.3) is 0 Å². The van der Waals surface area contributed by atoms with Crippen LogP contribution in [0.15, 0.2) is 0 Å². The average Bonchev–Trinajstić information content (AvgIpc) is 2.72. The highest BCUT2D eigenvalue weighted by atomic mass is 35.5. The van der Waals surface area contributed by atoms with Crippen LogP contribution < -0.4 is 11.1 Å². The Hall–Kier alpha value is -0.360. The van der Waals surface area contributed by atoms with Gasteiger partial charge < -0.3 is 20.9 Å². The first-order valence-electron chi connectivity index (χ1n) is 6.65. The predicted octanol–water partition coefficient (Wildman–Crippen LogP) is 0.828. The first-order chi connectivity index (χ1) is 8.34. The van der Waals surface area contributed by atoms with Crippen molar-refractivity contribution in [2.75, 3.05) is 13.1 Å². The fraction of sp³-hybridized carbons (Fsp3) is 0.923. The molecule has 1 rings (SSSR count). The van der Waals surface area contributed by atoms with Crippen molar-refractivity contribution in [3.05, 3.63) is 0 Å². The molecule has 0 aromatic carbocycles. The summed E-state index contributed by atoms with van der Waals surface area (Å²) in [6, 6.07) is 0. The van der Waals surface area contributed by atoms with Crippen LogP contribution in [0, 0.1) is 5.41 Å². The van der Waals surface area contributed by atoms with Crippen molar-refractivity contribution in [1.82, 2.24) is 5.32 Å². The molecule has 1 unspecified atom stereocenters. The molecule has 1 aliphatic rings. The standard InChI is InChI=1S/C13H26N2O3.ClH/c1-9(16)6-13(2,3)8-15-12(17)11-5-4-10(7-14)18-11;/h9-11,16H,4-8,14H2,1-3H3,(H,15,17);1H/t9?,10-,11+;/m1./s1. The smallest absolute Gasteiger partial charge is 0.249 e. The van der Waals surface area contributed by atoms with Crippen molar-refractivity contribution in [2.45, 2.75) is 58.3 Å². The van der Waals surface area contributed by atoms with E-state index in [1.165, 1.54) is 0 Å². The zero-order chi connectivity index (χ0) is 13.8. The fourth-order valence-corrected chi connectivity index (χ4v) is 2.38. The van der Waals surface area contributed by atoms with Crippen molar-refractivity contribution in [2.24, 2.45) is 11.1 Å². The Morgan fingerprint density at radius 3 is 2.63 bits per heavy atom. The summed E-state index contributed by atoms with van der Waals surface area (Å²) in [6.45, 7) is 6.83. The fourth-order valence-electron chi connectivity index (χ4n) is 2.38. The first-order valence-corrected chi connectivity index (χ1v) is 6.65. The van der Waals surface area contributed by atoms with Gasteiger partial charge in [-0.05, 0) is 31.6 Å². The van der Waals surface area contributed by atoms with Crippen molar-refractivity contribution >= 4 is 18.3 Å². The van der Waals surface area contributed by atoms with E-state index >= 15 is 0 Å². The molecule has 114 valence electrons. The first kappa shape index (κ1) is 18.6. The minimum absolute atomic E-state index is 0. The highest BCUT2D eigenvalue weighted by Crippen LogP contribution is 2.22. The van der Waals surface area contributed by atoms with Crippen LogP contribution in [0.4, 0.5) is 0 Å². The number of nitrogens with two attached hydrogens (primary N) is 1. The van der Waals surface area contributed by atoms with Crippen molar-refractivity contribution in [1.29, 1.82) is 0 Å². The van der Waals surface area contributed by atoms with Gasteiger partial charge in [0.15, 0.2) is 0 Å². The van der Waals surface area contributed by atoms with Gasteiger partial charge in [0.05, 0.1) is 12.2 Å². The number of aliphatic hydroxyl groups is 1. The molecule has 0 bridgehead atoms. The normalized spacial score (nSPS) is 24.7. The lowest BCUT2D eigenvalue weighted by molar-refractivity contribution is -0.132. The van der Waals surface area contributed by atoms with Crippen LogP contribution >= 0.6 is 12.4 Å². The van der Waals surface area contributed by atoms with E-state index in [0.29, 0.717) is 19.5 Å². The third-order valence-corrected chi connectivity index (χ3v) is 3.25.